The van der Waals surface area contributed by atoms with Crippen molar-refractivity contribution in [2.45, 2.75) is 25.8 Å². The fraction of sp³-hybridized carbons (Fsp3) is 0.316. The Morgan fingerprint density at radius 1 is 1.04 bits per heavy atom. The number of hydrogen-bond acceptors (Lipinski definition) is 7. The van der Waals surface area contributed by atoms with Gasteiger partial charge in [0.05, 0.1) is 0 Å². The number of piperidine rings is 1. The van der Waals surface area contributed by atoms with Gasteiger partial charge >= 0.3 is 0 Å². The lowest BCUT2D eigenvalue weighted by Crippen LogP contribution is -2.40. The molecule has 3 aromatic rings. The molecule has 0 aliphatic carbocycles. The number of hydrogen-bond donors (Lipinski definition) is 1. The van der Waals surface area contributed by atoms with Crippen molar-refractivity contribution in [2.24, 2.45) is 0 Å². The van der Waals surface area contributed by atoms with E-state index in [1.807, 2.05) is 31.2 Å². The van der Waals surface area contributed by atoms with Crippen molar-refractivity contribution < 1.29 is 0 Å². The van der Waals surface area contributed by atoms with Crippen molar-refractivity contribution in [3.63, 3.8) is 0 Å². The molecule has 26 heavy (non-hydrogen) atoms. The lowest BCUT2D eigenvalue weighted by molar-refractivity contribution is 0.518. The largest absolute Gasteiger partial charge is 0.367 e. The van der Waals surface area contributed by atoms with Crippen LogP contribution in [0.4, 0.5) is 11.8 Å². The van der Waals surface area contributed by atoms with Gasteiger partial charge in [-0.05, 0) is 38.0 Å². The van der Waals surface area contributed by atoms with Crippen LogP contribution in [0.15, 0.2) is 49.1 Å². The molecule has 1 aliphatic rings. The van der Waals surface area contributed by atoms with Gasteiger partial charge in [0, 0.05) is 61.2 Å². The third-order valence-corrected chi connectivity index (χ3v) is 4.46. The average Bonchev–Trinajstić information content (AvgIpc) is 2.69. The lowest BCUT2D eigenvalue weighted by Gasteiger charge is -2.32. The van der Waals surface area contributed by atoms with E-state index in [1.165, 1.54) is 0 Å². The highest BCUT2D eigenvalue weighted by Crippen LogP contribution is 2.21. The molecule has 1 N–H and O–H groups in total. The molecule has 0 unspecified atom stereocenters. The molecule has 0 bridgehead atoms. The predicted molar refractivity (Wildman–Crippen MR) is 101 cm³/mol. The second-order valence-corrected chi connectivity index (χ2v) is 6.41. The van der Waals surface area contributed by atoms with Gasteiger partial charge in [-0.25, -0.2) is 19.9 Å². The number of anilines is 2. The number of nitrogens with one attached hydrogen (secondary N) is 1. The molecule has 4 rings (SSSR count). The molecule has 0 atom stereocenters. The van der Waals surface area contributed by atoms with Crippen LogP contribution in [0, 0.1) is 6.92 Å². The van der Waals surface area contributed by atoms with E-state index in [4.69, 9.17) is 0 Å². The first-order chi connectivity index (χ1) is 12.8. The van der Waals surface area contributed by atoms with Gasteiger partial charge in [0.15, 0.2) is 5.82 Å². The summed E-state index contributed by atoms with van der Waals surface area (Å²) in [6, 6.07) is 8.09. The molecule has 4 heterocycles. The van der Waals surface area contributed by atoms with E-state index in [9.17, 15) is 0 Å². The number of aryl methyl sites for hydroxylation is 1. The van der Waals surface area contributed by atoms with Gasteiger partial charge in [-0.2, -0.15) is 0 Å². The first kappa shape index (κ1) is 16.4. The van der Waals surface area contributed by atoms with Gasteiger partial charge in [-0.3, -0.25) is 4.98 Å². The molecule has 132 valence electrons. The van der Waals surface area contributed by atoms with Crippen LogP contribution in [0.5, 0.6) is 0 Å². The number of rotatable bonds is 4. The van der Waals surface area contributed by atoms with Crippen LogP contribution in [0.25, 0.3) is 11.4 Å². The Labute approximate surface area is 152 Å². The molecule has 0 radical (unpaired) electrons. The van der Waals surface area contributed by atoms with Crippen LogP contribution in [0.1, 0.15) is 18.5 Å². The summed E-state index contributed by atoms with van der Waals surface area (Å²) in [6.45, 7) is 3.85. The van der Waals surface area contributed by atoms with Crippen LogP contribution >= 0.6 is 0 Å². The van der Waals surface area contributed by atoms with E-state index in [2.05, 4.69) is 35.1 Å². The molecule has 1 aliphatic heterocycles. The topological polar surface area (TPSA) is 79.7 Å². The zero-order chi connectivity index (χ0) is 17.8. The quantitative estimate of drug-likeness (QED) is 0.777. The highest BCUT2D eigenvalue weighted by molar-refractivity contribution is 5.56. The highest BCUT2D eigenvalue weighted by Gasteiger charge is 2.21. The molecule has 0 amide bonds. The third kappa shape index (κ3) is 3.77. The van der Waals surface area contributed by atoms with Crippen LogP contribution in [0.3, 0.4) is 0 Å². The minimum atomic E-state index is 0.381. The van der Waals surface area contributed by atoms with Crippen LogP contribution in [-0.4, -0.2) is 44.1 Å². The molecular formula is C19H21N7. The van der Waals surface area contributed by atoms with Crippen molar-refractivity contribution in [3.05, 3.63) is 54.7 Å². The van der Waals surface area contributed by atoms with Crippen LogP contribution in [-0.2, 0) is 0 Å². The fourth-order valence-corrected chi connectivity index (χ4v) is 3.15. The summed E-state index contributed by atoms with van der Waals surface area (Å²) >= 11 is 0. The smallest absolute Gasteiger partial charge is 0.225 e. The predicted octanol–water partition coefficient (Wildman–Crippen LogP) is 2.72. The van der Waals surface area contributed by atoms with Crippen molar-refractivity contribution in [2.75, 3.05) is 23.3 Å². The van der Waals surface area contributed by atoms with Gasteiger partial charge in [-0.15, -0.1) is 0 Å². The fourth-order valence-electron chi connectivity index (χ4n) is 3.15. The Hall–Kier alpha value is -3.09. The molecular weight excluding hydrogens is 326 g/mol. The average molecular weight is 347 g/mol. The number of pyridine rings is 1. The molecule has 1 saturated heterocycles. The van der Waals surface area contributed by atoms with Crippen molar-refractivity contribution in [1.29, 1.82) is 0 Å². The SMILES string of the molecule is Cc1cc(NC2CCN(c3ncccn3)CC2)nc(-c2cccnc2)n1. The summed E-state index contributed by atoms with van der Waals surface area (Å²) in [5.74, 6) is 2.38. The zero-order valence-corrected chi connectivity index (χ0v) is 14.7. The van der Waals surface area contributed by atoms with Gasteiger partial charge in [-0.1, -0.05) is 0 Å². The summed E-state index contributed by atoms with van der Waals surface area (Å²) in [5, 5.41) is 3.56. The maximum Gasteiger partial charge on any atom is 0.225 e. The molecule has 7 nitrogen and oxygen atoms in total. The van der Waals surface area contributed by atoms with Gasteiger partial charge in [0.25, 0.3) is 0 Å². The Bertz CT molecular complexity index is 846. The normalized spacial score (nSPS) is 15.0. The third-order valence-electron chi connectivity index (χ3n) is 4.46. The molecule has 0 spiro atoms. The minimum Gasteiger partial charge on any atom is -0.367 e. The summed E-state index contributed by atoms with van der Waals surface area (Å²) in [7, 11) is 0. The standard InChI is InChI=1S/C19H21N7/c1-14-12-17(25-18(23-14)15-4-2-7-20-13-15)24-16-5-10-26(11-6-16)19-21-8-3-9-22-19/h2-4,7-9,12-13,16H,5-6,10-11H2,1H3,(H,23,24,25). The number of aromatic nitrogens is 5. The van der Waals surface area contributed by atoms with E-state index < -0.39 is 0 Å². The lowest BCUT2D eigenvalue weighted by atomic mass is 10.1. The van der Waals surface area contributed by atoms with Crippen LogP contribution < -0.4 is 10.2 Å². The Morgan fingerprint density at radius 3 is 2.58 bits per heavy atom. The van der Waals surface area contributed by atoms with Crippen molar-refractivity contribution in [1.82, 2.24) is 24.9 Å². The van der Waals surface area contributed by atoms with E-state index in [0.29, 0.717) is 11.9 Å². The van der Waals surface area contributed by atoms with E-state index in [-0.39, 0.29) is 0 Å². The second-order valence-electron chi connectivity index (χ2n) is 6.41. The molecule has 3 aromatic heterocycles. The summed E-state index contributed by atoms with van der Waals surface area (Å²) in [6.07, 6.45) is 9.15. The highest BCUT2D eigenvalue weighted by atomic mass is 15.3. The molecule has 1 fully saturated rings. The van der Waals surface area contributed by atoms with E-state index >= 15 is 0 Å². The first-order valence-corrected chi connectivity index (χ1v) is 8.82. The van der Waals surface area contributed by atoms with Crippen molar-refractivity contribution >= 4 is 11.8 Å². The maximum absolute atomic E-state index is 4.67. The van der Waals surface area contributed by atoms with E-state index in [1.54, 1.807) is 24.8 Å². The summed E-state index contributed by atoms with van der Waals surface area (Å²) < 4.78 is 0. The Balaban J connectivity index is 1.43. The van der Waals surface area contributed by atoms with Gasteiger partial charge < -0.3 is 10.2 Å². The second kappa shape index (κ2) is 7.43. The molecule has 7 heteroatoms. The van der Waals surface area contributed by atoms with Gasteiger partial charge in [0.2, 0.25) is 5.95 Å². The Morgan fingerprint density at radius 2 is 1.85 bits per heavy atom. The van der Waals surface area contributed by atoms with Crippen molar-refractivity contribution in [3.8, 4) is 11.4 Å². The summed E-state index contributed by atoms with van der Waals surface area (Å²) in [5.41, 5.74) is 1.87. The molecule has 0 saturated carbocycles. The monoisotopic (exact) mass is 347 g/mol. The first-order valence-electron chi connectivity index (χ1n) is 8.82. The van der Waals surface area contributed by atoms with Crippen LogP contribution in [0.2, 0.25) is 0 Å². The minimum absolute atomic E-state index is 0.381. The maximum atomic E-state index is 4.67. The number of nitrogens with zero attached hydrogens (tertiary/aromatic N) is 6. The Kier molecular flexibility index (Phi) is 4.68. The summed E-state index contributed by atoms with van der Waals surface area (Å²) in [4.78, 5) is 24.3. The zero-order valence-electron chi connectivity index (χ0n) is 14.7. The molecule has 0 aromatic carbocycles. The van der Waals surface area contributed by atoms with E-state index in [0.717, 1.165) is 49.0 Å². The van der Waals surface area contributed by atoms with Gasteiger partial charge in [0.1, 0.15) is 5.82 Å².